The zero-order chi connectivity index (χ0) is 12.1. The van der Waals surface area contributed by atoms with Crippen LogP contribution in [0.15, 0.2) is 39.2 Å². The first kappa shape index (κ1) is 13.2. The van der Waals surface area contributed by atoms with E-state index in [-0.39, 0.29) is 5.56 Å². The van der Waals surface area contributed by atoms with Crippen LogP contribution in [-0.4, -0.2) is 16.3 Å². The molecule has 0 aliphatic carbocycles. The van der Waals surface area contributed by atoms with E-state index in [9.17, 15) is 4.79 Å². The predicted molar refractivity (Wildman–Crippen MR) is 73.0 cm³/mol. The molecule has 0 radical (unpaired) electrons. The van der Waals surface area contributed by atoms with Gasteiger partial charge in [0, 0.05) is 11.0 Å². The summed E-state index contributed by atoms with van der Waals surface area (Å²) in [4.78, 5) is 11.8. The van der Waals surface area contributed by atoms with Gasteiger partial charge in [0.25, 0.3) is 5.56 Å². The van der Waals surface area contributed by atoms with Gasteiger partial charge in [-0.25, -0.2) is 4.68 Å². The van der Waals surface area contributed by atoms with Crippen LogP contribution >= 0.6 is 31.9 Å². The van der Waals surface area contributed by atoms with Gasteiger partial charge in [-0.2, -0.15) is 5.10 Å². The third-order valence-electron chi connectivity index (χ3n) is 1.76. The largest absolute Gasteiger partial charge is 0.378 e. The van der Waals surface area contributed by atoms with E-state index in [1.54, 1.807) is 12.3 Å². The molecule has 1 heterocycles. The summed E-state index contributed by atoms with van der Waals surface area (Å²) in [5.74, 6) is 0. The first-order valence-corrected chi connectivity index (χ1v) is 6.08. The van der Waals surface area contributed by atoms with Crippen molar-refractivity contribution in [1.82, 2.24) is 9.78 Å². The lowest BCUT2D eigenvalue weighted by molar-refractivity contribution is 0.649. The minimum absolute atomic E-state index is 0.190. The number of nitrogens with one attached hydrogen (secondary N) is 1. The quantitative estimate of drug-likeness (QED) is 0.832. The first-order chi connectivity index (χ1) is 7.56. The van der Waals surface area contributed by atoms with Gasteiger partial charge in [0.2, 0.25) is 0 Å². The van der Waals surface area contributed by atoms with E-state index in [0.29, 0.717) is 23.2 Å². The van der Waals surface area contributed by atoms with Crippen LogP contribution in [0.2, 0.25) is 0 Å². The standard InChI is InChI=1S/C10H11Br2N3O/c1-3-4-15-10(16)9(12)8(6-14-15)13-5-7(2)11/h3,6,13H,1-2,4-5H2. The Morgan fingerprint density at radius 1 is 1.69 bits per heavy atom. The molecule has 0 spiro atoms. The Labute approximate surface area is 110 Å². The van der Waals surface area contributed by atoms with Crippen LogP contribution < -0.4 is 10.9 Å². The van der Waals surface area contributed by atoms with Gasteiger partial charge < -0.3 is 5.32 Å². The summed E-state index contributed by atoms with van der Waals surface area (Å²) in [5, 5.41) is 7.03. The third-order valence-corrected chi connectivity index (χ3v) is 2.80. The Kier molecular flexibility index (Phi) is 4.95. The van der Waals surface area contributed by atoms with E-state index in [4.69, 9.17) is 0 Å². The van der Waals surface area contributed by atoms with Crippen LogP contribution in [0, 0.1) is 0 Å². The van der Waals surface area contributed by atoms with Gasteiger partial charge in [-0.1, -0.05) is 28.6 Å². The zero-order valence-electron chi connectivity index (χ0n) is 8.54. The predicted octanol–water partition coefficient (Wildman–Crippen LogP) is 2.51. The van der Waals surface area contributed by atoms with Crippen LogP contribution in [0.4, 0.5) is 5.69 Å². The summed E-state index contributed by atoms with van der Waals surface area (Å²) < 4.78 is 2.58. The average Bonchev–Trinajstić information content (AvgIpc) is 2.24. The van der Waals surface area contributed by atoms with E-state index in [0.717, 1.165) is 4.48 Å². The Morgan fingerprint density at radius 3 is 2.94 bits per heavy atom. The van der Waals surface area contributed by atoms with Gasteiger partial charge in [0.15, 0.2) is 0 Å². The molecule has 0 unspecified atom stereocenters. The lowest BCUT2D eigenvalue weighted by Gasteiger charge is -2.08. The smallest absolute Gasteiger partial charge is 0.283 e. The highest BCUT2D eigenvalue weighted by Gasteiger charge is 2.07. The third kappa shape index (κ3) is 3.31. The van der Waals surface area contributed by atoms with Crippen LogP contribution in [0.3, 0.4) is 0 Å². The van der Waals surface area contributed by atoms with E-state index in [1.165, 1.54) is 4.68 Å². The van der Waals surface area contributed by atoms with Crippen molar-refractivity contribution in [3.63, 3.8) is 0 Å². The number of aromatic nitrogens is 2. The summed E-state index contributed by atoms with van der Waals surface area (Å²) in [6.45, 7) is 8.18. The van der Waals surface area contributed by atoms with Gasteiger partial charge in [0.05, 0.1) is 18.4 Å². The van der Waals surface area contributed by atoms with Crippen LogP contribution in [0.1, 0.15) is 0 Å². The Hall–Kier alpha value is -0.880. The SMILES string of the molecule is C=CCn1ncc(NCC(=C)Br)c(Br)c1=O. The Bertz CT molecular complexity index is 468. The molecule has 1 aromatic heterocycles. The van der Waals surface area contributed by atoms with Gasteiger partial charge in [0.1, 0.15) is 4.47 Å². The number of rotatable bonds is 5. The molecule has 0 atom stereocenters. The summed E-state index contributed by atoms with van der Waals surface area (Å²) in [6, 6.07) is 0. The minimum atomic E-state index is -0.190. The van der Waals surface area contributed by atoms with Crippen molar-refractivity contribution in [2.75, 3.05) is 11.9 Å². The molecule has 1 rings (SSSR count). The molecule has 1 N–H and O–H groups in total. The molecular formula is C10H11Br2N3O. The lowest BCUT2D eigenvalue weighted by Crippen LogP contribution is -2.24. The highest BCUT2D eigenvalue weighted by molar-refractivity contribution is 9.11. The molecule has 1 aromatic rings. The molecule has 6 heteroatoms. The number of nitrogens with zero attached hydrogens (tertiary/aromatic N) is 2. The van der Waals surface area contributed by atoms with E-state index < -0.39 is 0 Å². The molecule has 0 saturated heterocycles. The average molecular weight is 349 g/mol. The topological polar surface area (TPSA) is 46.9 Å². The molecule has 4 nitrogen and oxygen atoms in total. The summed E-state index contributed by atoms with van der Waals surface area (Å²) >= 11 is 6.46. The van der Waals surface area contributed by atoms with E-state index in [1.807, 2.05) is 0 Å². The normalized spacial score (nSPS) is 9.88. The van der Waals surface area contributed by atoms with E-state index in [2.05, 4.69) is 55.4 Å². The molecule has 0 aromatic carbocycles. The first-order valence-electron chi connectivity index (χ1n) is 4.50. The molecule has 0 aliphatic rings. The molecule has 0 bridgehead atoms. The minimum Gasteiger partial charge on any atom is -0.378 e. The van der Waals surface area contributed by atoms with Gasteiger partial charge in [-0.3, -0.25) is 4.79 Å². The second-order valence-corrected chi connectivity index (χ2v) is 4.93. The fraction of sp³-hybridized carbons (Fsp3) is 0.200. The van der Waals surface area contributed by atoms with Gasteiger partial charge >= 0.3 is 0 Å². The van der Waals surface area contributed by atoms with Crippen molar-refractivity contribution in [1.29, 1.82) is 0 Å². The highest BCUT2D eigenvalue weighted by atomic mass is 79.9. The number of halogens is 2. The highest BCUT2D eigenvalue weighted by Crippen LogP contribution is 2.16. The number of allylic oxidation sites excluding steroid dienone is 1. The second kappa shape index (κ2) is 6.00. The fourth-order valence-electron chi connectivity index (χ4n) is 1.03. The van der Waals surface area contributed by atoms with Crippen LogP contribution in [-0.2, 0) is 6.54 Å². The fourth-order valence-corrected chi connectivity index (χ4v) is 1.62. The molecule has 0 saturated carbocycles. The van der Waals surface area contributed by atoms with E-state index >= 15 is 0 Å². The Balaban J connectivity index is 2.97. The molecule has 86 valence electrons. The molecular weight excluding hydrogens is 338 g/mol. The van der Waals surface area contributed by atoms with Gasteiger partial charge in [-0.15, -0.1) is 6.58 Å². The van der Waals surface area contributed by atoms with Crippen molar-refractivity contribution in [3.05, 3.63) is 44.7 Å². The second-order valence-electron chi connectivity index (χ2n) is 3.02. The maximum Gasteiger partial charge on any atom is 0.283 e. The van der Waals surface area contributed by atoms with Crippen molar-refractivity contribution in [3.8, 4) is 0 Å². The molecule has 0 amide bonds. The van der Waals surface area contributed by atoms with Crippen molar-refractivity contribution >= 4 is 37.5 Å². The molecule has 16 heavy (non-hydrogen) atoms. The zero-order valence-corrected chi connectivity index (χ0v) is 11.7. The lowest BCUT2D eigenvalue weighted by atomic mass is 10.4. The Morgan fingerprint density at radius 2 is 2.38 bits per heavy atom. The maximum absolute atomic E-state index is 11.8. The summed E-state index contributed by atoms with van der Waals surface area (Å²) in [5.41, 5.74) is 0.455. The van der Waals surface area contributed by atoms with Crippen molar-refractivity contribution in [2.45, 2.75) is 6.54 Å². The molecule has 0 aliphatic heterocycles. The summed E-state index contributed by atoms with van der Waals surface area (Å²) in [7, 11) is 0. The van der Waals surface area contributed by atoms with Crippen molar-refractivity contribution < 1.29 is 0 Å². The number of hydrogen-bond acceptors (Lipinski definition) is 3. The monoisotopic (exact) mass is 347 g/mol. The number of hydrogen-bond donors (Lipinski definition) is 1. The van der Waals surface area contributed by atoms with Crippen LogP contribution in [0.25, 0.3) is 0 Å². The molecule has 0 fully saturated rings. The summed E-state index contributed by atoms with van der Waals surface area (Å²) in [6.07, 6.45) is 3.21. The van der Waals surface area contributed by atoms with Crippen molar-refractivity contribution in [2.24, 2.45) is 0 Å². The van der Waals surface area contributed by atoms with Gasteiger partial charge in [-0.05, 0) is 15.9 Å². The van der Waals surface area contributed by atoms with Crippen LogP contribution in [0.5, 0.6) is 0 Å². The number of anilines is 1. The maximum atomic E-state index is 11.8.